The lowest BCUT2D eigenvalue weighted by atomic mass is 9.96. The van der Waals surface area contributed by atoms with E-state index in [1.807, 2.05) is 20.8 Å². The summed E-state index contributed by atoms with van der Waals surface area (Å²) in [4.78, 5) is 26.0. The second-order valence-corrected chi connectivity index (χ2v) is 5.79. The quantitative estimate of drug-likeness (QED) is 0.813. The standard InChI is InChI=1S/C14H26N2O2/c1-6-7-10(4)8-16-11(5)13(17)15-12(9(2)3)14(16)18/h9-12H,6-8H2,1-5H3,(H,15,17). The largest absolute Gasteiger partial charge is 0.342 e. The van der Waals surface area contributed by atoms with Crippen LogP contribution >= 0.6 is 0 Å². The van der Waals surface area contributed by atoms with E-state index in [-0.39, 0.29) is 29.8 Å². The number of hydrogen-bond donors (Lipinski definition) is 1. The zero-order valence-electron chi connectivity index (χ0n) is 12.2. The van der Waals surface area contributed by atoms with E-state index in [4.69, 9.17) is 0 Å². The van der Waals surface area contributed by atoms with Crippen molar-refractivity contribution in [1.82, 2.24) is 10.2 Å². The molecule has 3 unspecified atom stereocenters. The summed E-state index contributed by atoms with van der Waals surface area (Å²) in [6.07, 6.45) is 2.20. The Morgan fingerprint density at radius 3 is 2.39 bits per heavy atom. The van der Waals surface area contributed by atoms with Crippen molar-refractivity contribution >= 4 is 11.8 Å². The van der Waals surface area contributed by atoms with E-state index in [1.165, 1.54) is 0 Å². The molecule has 1 aliphatic rings. The van der Waals surface area contributed by atoms with E-state index in [9.17, 15) is 9.59 Å². The van der Waals surface area contributed by atoms with Gasteiger partial charge in [0.15, 0.2) is 0 Å². The first kappa shape index (κ1) is 15.0. The third-order valence-corrected chi connectivity index (χ3v) is 3.65. The number of nitrogens with zero attached hydrogens (tertiary/aromatic N) is 1. The normalized spacial score (nSPS) is 26.4. The topological polar surface area (TPSA) is 49.4 Å². The van der Waals surface area contributed by atoms with Gasteiger partial charge in [0.05, 0.1) is 0 Å². The highest BCUT2D eigenvalue weighted by molar-refractivity contribution is 5.96. The van der Waals surface area contributed by atoms with Crippen molar-refractivity contribution in [3.63, 3.8) is 0 Å². The third kappa shape index (κ3) is 3.24. The van der Waals surface area contributed by atoms with Crippen LogP contribution in [0.3, 0.4) is 0 Å². The van der Waals surface area contributed by atoms with Gasteiger partial charge in [-0.1, -0.05) is 34.1 Å². The maximum Gasteiger partial charge on any atom is 0.246 e. The Bertz CT molecular complexity index is 315. The predicted molar refractivity (Wildman–Crippen MR) is 72.0 cm³/mol. The Labute approximate surface area is 110 Å². The number of hydrogen-bond acceptors (Lipinski definition) is 2. The molecule has 1 fully saturated rings. The van der Waals surface area contributed by atoms with E-state index in [1.54, 1.807) is 4.90 Å². The minimum atomic E-state index is -0.359. The van der Waals surface area contributed by atoms with Gasteiger partial charge in [-0.3, -0.25) is 9.59 Å². The molecule has 18 heavy (non-hydrogen) atoms. The van der Waals surface area contributed by atoms with Crippen LogP contribution in [0.2, 0.25) is 0 Å². The minimum absolute atomic E-state index is 0.0306. The number of piperazine rings is 1. The molecule has 4 heteroatoms. The van der Waals surface area contributed by atoms with Gasteiger partial charge >= 0.3 is 0 Å². The van der Waals surface area contributed by atoms with E-state index in [0.717, 1.165) is 12.8 Å². The van der Waals surface area contributed by atoms with Gasteiger partial charge in [0, 0.05) is 6.54 Å². The van der Waals surface area contributed by atoms with Crippen molar-refractivity contribution in [2.45, 2.75) is 59.5 Å². The lowest BCUT2D eigenvalue weighted by molar-refractivity contribution is -0.150. The van der Waals surface area contributed by atoms with Crippen LogP contribution in [0.5, 0.6) is 0 Å². The van der Waals surface area contributed by atoms with Crippen LogP contribution in [0.25, 0.3) is 0 Å². The molecule has 1 heterocycles. The highest BCUT2D eigenvalue weighted by Gasteiger charge is 2.39. The highest BCUT2D eigenvalue weighted by atomic mass is 16.2. The van der Waals surface area contributed by atoms with Crippen molar-refractivity contribution in [2.24, 2.45) is 11.8 Å². The predicted octanol–water partition coefficient (Wildman–Crippen LogP) is 1.79. The molecule has 0 saturated carbocycles. The summed E-state index contributed by atoms with van der Waals surface area (Å²) in [6.45, 7) is 10.7. The smallest absolute Gasteiger partial charge is 0.246 e. The average Bonchev–Trinajstić information content (AvgIpc) is 2.29. The summed E-state index contributed by atoms with van der Waals surface area (Å²) >= 11 is 0. The summed E-state index contributed by atoms with van der Waals surface area (Å²) in [5.74, 6) is 0.620. The number of rotatable bonds is 5. The molecule has 0 bridgehead atoms. The lowest BCUT2D eigenvalue weighted by Gasteiger charge is -2.40. The first-order valence-corrected chi connectivity index (χ1v) is 6.99. The monoisotopic (exact) mass is 254 g/mol. The fourth-order valence-corrected chi connectivity index (χ4v) is 2.47. The molecule has 1 saturated heterocycles. The third-order valence-electron chi connectivity index (χ3n) is 3.65. The fourth-order valence-electron chi connectivity index (χ4n) is 2.47. The molecular weight excluding hydrogens is 228 g/mol. The van der Waals surface area contributed by atoms with Crippen LogP contribution in [0.4, 0.5) is 0 Å². The number of carbonyl (C=O) groups is 2. The van der Waals surface area contributed by atoms with Crippen LogP contribution in [-0.2, 0) is 9.59 Å². The summed E-state index contributed by atoms with van der Waals surface area (Å²) < 4.78 is 0. The Morgan fingerprint density at radius 2 is 1.89 bits per heavy atom. The van der Waals surface area contributed by atoms with Crippen LogP contribution in [0.1, 0.15) is 47.5 Å². The fraction of sp³-hybridized carbons (Fsp3) is 0.857. The van der Waals surface area contributed by atoms with Gasteiger partial charge < -0.3 is 10.2 Å². The van der Waals surface area contributed by atoms with Gasteiger partial charge in [-0.05, 0) is 25.2 Å². The summed E-state index contributed by atoms with van der Waals surface area (Å²) in [5.41, 5.74) is 0. The zero-order chi connectivity index (χ0) is 13.9. The number of amides is 2. The van der Waals surface area contributed by atoms with Gasteiger partial charge in [0.25, 0.3) is 0 Å². The van der Waals surface area contributed by atoms with Gasteiger partial charge in [0.2, 0.25) is 11.8 Å². The van der Waals surface area contributed by atoms with E-state index in [0.29, 0.717) is 12.5 Å². The molecule has 2 amide bonds. The average molecular weight is 254 g/mol. The van der Waals surface area contributed by atoms with Gasteiger partial charge in [-0.15, -0.1) is 0 Å². The lowest BCUT2D eigenvalue weighted by Crippen LogP contribution is -2.64. The molecule has 0 spiro atoms. The van der Waals surface area contributed by atoms with E-state index < -0.39 is 0 Å². The molecule has 4 nitrogen and oxygen atoms in total. The van der Waals surface area contributed by atoms with Crippen molar-refractivity contribution in [2.75, 3.05) is 6.54 Å². The summed E-state index contributed by atoms with van der Waals surface area (Å²) in [6, 6.07) is -0.700. The molecular formula is C14H26N2O2. The Kier molecular flexibility index (Phi) is 5.17. The molecule has 0 aromatic rings. The van der Waals surface area contributed by atoms with E-state index in [2.05, 4.69) is 19.2 Å². The van der Waals surface area contributed by atoms with Crippen molar-refractivity contribution in [3.8, 4) is 0 Å². The second kappa shape index (κ2) is 6.21. The minimum Gasteiger partial charge on any atom is -0.342 e. The summed E-state index contributed by atoms with van der Waals surface area (Å²) in [7, 11) is 0. The molecule has 1 rings (SSSR count). The summed E-state index contributed by atoms with van der Waals surface area (Å²) in [5, 5.41) is 2.82. The maximum atomic E-state index is 12.4. The van der Waals surface area contributed by atoms with Gasteiger partial charge in [-0.25, -0.2) is 0 Å². The molecule has 1 aliphatic heterocycles. The molecule has 0 aromatic heterocycles. The molecule has 3 atom stereocenters. The Morgan fingerprint density at radius 1 is 1.28 bits per heavy atom. The number of nitrogens with one attached hydrogen (secondary N) is 1. The first-order chi connectivity index (χ1) is 8.38. The van der Waals surface area contributed by atoms with Crippen LogP contribution < -0.4 is 5.32 Å². The Balaban J connectivity index is 2.78. The zero-order valence-corrected chi connectivity index (χ0v) is 12.2. The van der Waals surface area contributed by atoms with Gasteiger partial charge in [-0.2, -0.15) is 0 Å². The number of carbonyl (C=O) groups excluding carboxylic acids is 2. The van der Waals surface area contributed by atoms with E-state index >= 15 is 0 Å². The van der Waals surface area contributed by atoms with Gasteiger partial charge in [0.1, 0.15) is 12.1 Å². The van der Waals surface area contributed by atoms with Crippen molar-refractivity contribution in [1.29, 1.82) is 0 Å². The van der Waals surface area contributed by atoms with Crippen molar-refractivity contribution < 1.29 is 9.59 Å². The molecule has 0 aromatic carbocycles. The van der Waals surface area contributed by atoms with Crippen LogP contribution in [-0.4, -0.2) is 35.3 Å². The maximum absolute atomic E-state index is 12.4. The first-order valence-electron chi connectivity index (χ1n) is 6.99. The van der Waals surface area contributed by atoms with Crippen LogP contribution in [0, 0.1) is 11.8 Å². The molecule has 0 aliphatic carbocycles. The molecule has 104 valence electrons. The molecule has 1 N–H and O–H groups in total. The SMILES string of the molecule is CCCC(C)CN1C(=O)C(C(C)C)NC(=O)C1C. The molecule has 0 radical (unpaired) electrons. The van der Waals surface area contributed by atoms with Crippen LogP contribution in [0.15, 0.2) is 0 Å². The highest BCUT2D eigenvalue weighted by Crippen LogP contribution is 2.18. The second-order valence-electron chi connectivity index (χ2n) is 5.79. The Hall–Kier alpha value is -1.06. The van der Waals surface area contributed by atoms with Crippen molar-refractivity contribution in [3.05, 3.63) is 0 Å².